The number of nitroso groups, excluding NO2 is 1. The molecule has 11 heavy (non-hydrogen) atoms. The van der Waals surface area contributed by atoms with Gasteiger partial charge in [-0.15, -0.1) is 0 Å². The van der Waals surface area contributed by atoms with Crippen molar-refractivity contribution in [3.63, 3.8) is 0 Å². The van der Waals surface area contributed by atoms with E-state index in [1.807, 2.05) is 0 Å². The number of carbonyl (C=O) groups excluding carboxylic acids is 1. The van der Waals surface area contributed by atoms with Gasteiger partial charge in [0.2, 0.25) is 5.91 Å². The van der Waals surface area contributed by atoms with E-state index in [-0.39, 0.29) is 6.54 Å². The van der Waals surface area contributed by atoms with Crippen LogP contribution < -0.4 is 5.32 Å². The van der Waals surface area contributed by atoms with E-state index in [4.69, 9.17) is 5.11 Å². The van der Waals surface area contributed by atoms with E-state index in [9.17, 15) is 9.70 Å². The molecule has 0 bridgehead atoms. The van der Waals surface area contributed by atoms with Gasteiger partial charge in [-0.05, 0) is 13.3 Å². The molecule has 0 spiro atoms. The van der Waals surface area contributed by atoms with Gasteiger partial charge < -0.3 is 10.4 Å². The zero-order valence-electron chi connectivity index (χ0n) is 6.41. The lowest BCUT2D eigenvalue weighted by atomic mass is 10.3. The summed E-state index contributed by atoms with van der Waals surface area (Å²) in [5.41, 5.74) is 0. The second kappa shape index (κ2) is 5.79. The van der Waals surface area contributed by atoms with Gasteiger partial charge in [-0.2, -0.15) is 4.91 Å². The third-order valence-electron chi connectivity index (χ3n) is 1.10. The van der Waals surface area contributed by atoms with Gasteiger partial charge in [0.25, 0.3) is 0 Å². The first kappa shape index (κ1) is 10.0. The van der Waals surface area contributed by atoms with Crippen molar-refractivity contribution < 1.29 is 9.90 Å². The summed E-state index contributed by atoms with van der Waals surface area (Å²) in [7, 11) is 0. The first-order valence-electron chi connectivity index (χ1n) is 3.43. The summed E-state index contributed by atoms with van der Waals surface area (Å²) in [6.45, 7) is 1.96. The van der Waals surface area contributed by atoms with Gasteiger partial charge in [-0.25, -0.2) is 0 Å². The van der Waals surface area contributed by atoms with Crippen LogP contribution in [0.2, 0.25) is 0 Å². The Bertz CT molecular complexity index is 136. The molecular formula is C6H12N2O3. The zero-order chi connectivity index (χ0) is 8.69. The highest BCUT2D eigenvalue weighted by molar-refractivity contribution is 5.79. The van der Waals surface area contributed by atoms with E-state index < -0.39 is 12.0 Å². The maximum absolute atomic E-state index is 10.6. The summed E-state index contributed by atoms with van der Waals surface area (Å²) in [5.74, 6) is -0.420. The van der Waals surface area contributed by atoms with Crippen molar-refractivity contribution in [2.75, 3.05) is 13.1 Å². The van der Waals surface area contributed by atoms with Crippen LogP contribution in [-0.4, -0.2) is 30.2 Å². The average molecular weight is 160 g/mol. The predicted molar refractivity (Wildman–Crippen MR) is 40.0 cm³/mol. The van der Waals surface area contributed by atoms with Crippen molar-refractivity contribution in [1.82, 2.24) is 5.32 Å². The molecule has 0 aromatic heterocycles. The van der Waals surface area contributed by atoms with E-state index in [1.54, 1.807) is 0 Å². The topological polar surface area (TPSA) is 78.8 Å². The Labute approximate surface area is 64.8 Å². The fourth-order valence-electron chi connectivity index (χ4n) is 0.503. The van der Waals surface area contributed by atoms with Crippen LogP contribution in [0.4, 0.5) is 0 Å². The predicted octanol–water partition coefficient (Wildman–Crippen LogP) is -0.360. The Hall–Kier alpha value is -0.970. The summed E-state index contributed by atoms with van der Waals surface area (Å²) in [5, 5.41) is 13.7. The number of aliphatic hydroxyl groups is 1. The van der Waals surface area contributed by atoms with Gasteiger partial charge >= 0.3 is 0 Å². The molecule has 1 amide bonds. The van der Waals surface area contributed by atoms with Gasteiger partial charge in [-0.3, -0.25) is 4.79 Å². The van der Waals surface area contributed by atoms with Crippen LogP contribution in [0.15, 0.2) is 5.18 Å². The summed E-state index contributed by atoms with van der Waals surface area (Å²) < 4.78 is 0. The summed E-state index contributed by atoms with van der Waals surface area (Å²) in [6, 6.07) is 0. The summed E-state index contributed by atoms with van der Waals surface area (Å²) in [4.78, 5) is 20.2. The Balaban J connectivity index is 3.24. The van der Waals surface area contributed by atoms with Gasteiger partial charge in [0, 0.05) is 6.54 Å². The highest BCUT2D eigenvalue weighted by Crippen LogP contribution is 1.81. The molecule has 64 valence electrons. The monoisotopic (exact) mass is 160 g/mol. The quantitative estimate of drug-likeness (QED) is 0.426. The van der Waals surface area contributed by atoms with Crippen LogP contribution in [-0.2, 0) is 4.79 Å². The molecule has 1 unspecified atom stereocenters. The van der Waals surface area contributed by atoms with E-state index in [0.29, 0.717) is 13.0 Å². The molecule has 1 atom stereocenters. The van der Waals surface area contributed by atoms with Crippen molar-refractivity contribution >= 4 is 5.91 Å². The Kier molecular flexibility index (Phi) is 5.28. The van der Waals surface area contributed by atoms with E-state index >= 15 is 0 Å². The molecule has 0 aromatic rings. The molecule has 2 N–H and O–H groups in total. The fourth-order valence-corrected chi connectivity index (χ4v) is 0.503. The van der Waals surface area contributed by atoms with Crippen molar-refractivity contribution in [3.8, 4) is 0 Å². The number of aliphatic hydroxyl groups excluding tert-OH is 1. The molecule has 0 radical (unpaired) electrons. The molecule has 0 aliphatic heterocycles. The van der Waals surface area contributed by atoms with Crippen LogP contribution >= 0.6 is 0 Å². The maximum atomic E-state index is 10.6. The molecule has 0 heterocycles. The van der Waals surface area contributed by atoms with Crippen LogP contribution in [0.5, 0.6) is 0 Å². The van der Waals surface area contributed by atoms with Crippen LogP contribution in [0, 0.1) is 4.91 Å². The van der Waals surface area contributed by atoms with Crippen molar-refractivity contribution in [2.45, 2.75) is 19.4 Å². The molecule has 0 fully saturated rings. The molecule has 0 saturated heterocycles. The first-order valence-corrected chi connectivity index (χ1v) is 3.43. The second-order valence-electron chi connectivity index (χ2n) is 2.17. The fraction of sp³-hybridized carbons (Fsp3) is 0.833. The number of hydrogen-bond acceptors (Lipinski definition) is 4. The minimum atomic E-state index is -0.987. The van der Waals surface area contributed by atoms with Gasteiger partial charge in [0.15, 0.2) is 0 Å². The van der Waals surface area contributed by atoms with E-state index in [2.05, 4.69) is 10.5 Å². The normalized spacial score (nSPS) is 12.2. The van der Waals surface area contributed by atoms with E-state index in [1.165, 1.54) is 6.92 Å². The van der Waals surface area contributed by atoms with Crippen LogP contribution in [0.1, 0.15) is 13.3 Å². The third kappa shape index (κ3) is 5.47. The van der Waals surface area contributed by atoms with Crippen LogP contribution in [0.3, 0.4) is 0 Å². The standard InChI is InChI=1S/C6H12N2O3/c1-5(9)6(10)7-3-2-4-8-11/h5,9H,2-4H2,1H3,(H,7,10). The molecule has 0 aliphatic carbocycles. The first-order chi connectivity index (χ1) is 5.18. The number of carbonyl (C=O) groups is 1. The lowest BCUT2D eigenvalue weighted by Crippen LogP contribution is -2.33. The second-order valence-corrected chi connectivity index (χ2v) is 2.17. The average Bonchev–Trinajstić information content (AvgIpc) is 1.97. The molecule has 0 saturated carbocycles. The zero-order valence-corrected chi connectivity index (χ0v) is 6.41. The highest BCUT2D eigenvalue weighted by atomic mass is 16.3. The molecule has 0 rings (SSSR count). The Morgan fingerprint density at radius 1 is 1.73 bits per heavy atom. The number of amides is 1. The molecule has 5 nitrogen and oxygen atoms in total. The lowest BCUT2D eigenvalue weighted by molar-refractivity contribution is -0.128. The SMILES string of the molecule is CC(O)C(=O)NCCCN=O. The Morgan fingerprint density at radius 3 is 2.82 bits per heavy atom. The van der Waals surface area contributed by atoms with Gasteiger partial charge in [0.1, 0.15) is 6.10 Å². The van der Waals surface area contributed by atoms with Gasteiger partial charge in [0.05, 0.1) is 6.54 Å². The van der Waals surface area contributed by atoms with Crippen molar-refractivity contribution in [1.29, 1.82) is 0 Å². The third-order valence-corrected chi connectivity index (χ3v) is 1.10. The number of rotatable bonds is 5. The number of nitrogens with zero attached hydrogens (tertiary/aromatic N) is 1. The van der Waals surface area contributed by atoms with Crippen molar-refractivity contribution in [3.05, 3.63) is 4.91 Å². The smallest absolute Gasteiger partial charge is 0.248 e. The maximum Gasteiger partial charge on any atom is 0.248 e. The molecule has 5 heteroatoms. The van der Waals surface area contributed by atoms with Gasteiger partial charge in [-0.1, -0.05) is 5.18 Å². The highest BCUT2D eigenvalue weighted by Gasteiger charge is 2.05. The Morgan fingerprint density at radius 2 is 2.36 bits per heavy atom. The minimum Gasteiger partial charge on any atom is -0.384 e. The van der Waals surface area contributed by atoms with Crippen LogP contribution in [0.25, 0.3) is 0 Å². The van der Waals surface area contributed by atoms with E-state index in [0.717, 1.165) is 0 Å². The largest absolute Gasteiger partial charge is 0.384 e. The van der Waals surface area contributed by atoms with Crippen molar-refractivity contribution in [2.24, 2.45) is 5.18 Å². The molecule has 0 aromatic carbocycles. The number of nitrogens with one attached hydrogen (secondary N) is 1. The number of hydrogen-bond donors (Lipinski definition) is 2. The molecule has 0 aliphatic rings. The molecular weight excluding hydrogens is 148 g/mol. The summed E-state index contributed by atoms with van der Waals surface area (Å²) in [6.07, 6.45) is -0.471. The lowest BCUT2D eigenvalue weighted by Gasteiger charge is -2.04. The summed E-state index contributed by atoms with van der Waals surface area (Å²) >= 11 is 0. The minimum absolute atomic E-state index is 0.195.